The maximum atomic E-state index is 4.67. The van der Waals surface area contributed by atoms with Gasteiger partial charge in [0.05, 0.1) is 5.69 Å². The van der Waals surface area contributed by atoms with Gasteiger partial charge >= 0.3 is 0 Å². The van der Waals surface area contributed by atoms with Gasteiger partial charge in [-0.25, -0.2) is 4.98 Å². The van der Waals surface area contributed by atoms with E-state index in [9.17, 15) is 0 Å². The number of aryl methyl sites for hydroxylation is 1. The van der Waals surface area contributed by atoms with E-state index in [2.05, 4.69) is 34.9 Å². The highest BCUT2D eigenvalue weighted by Crippen LogP contribution is 2.36. The smallest absolute Gasteiger partial charge is 0.203 e. The molecule has 2 saturated carbocycles. The van der Waals surface area contributed by atoms with E-state index < -0.39 is 0 Å². The first-order valence-corrected chi connectivity index (χ1v) is 8.08. The first-order chi connectivity index (χ1) is 9.26. The van der Waals surface area contributed by atoms with Crippen molar-refractivity contribution in [2.24, 2.45) is 5.92 Å². The molecule has 106 valence electrons. The predicted octanol–water partition coefficient (Wildman–Crippen LogP) is 4.30. The van der Waals surface area contributed by atoms with E-state index in [-0.39, 0.29) is 0 Å². The van der Waals surface area contributed by atoms with Gasteiger partial charge in [-0.15, -0.1) is 0 Å². The van der Waals surface area contributed by atoms with Crippen LogP contribution in [0.4, 0.5) is 5.95 Å². The van der Waals surface area contributed by atoms with Crippen LogP contribution < -0.4 is 5.32 Å². The predicted molar refractivity (Wildman–Crippen MR) is 79.5 cm³/mol. The van der Waals surface area contributed by atoms with Crippen molar-refractivity contribution in [3.05, 3.63) is 11.9 Å². The molecule has 2 aliphatic carbocycles. The van der Waals surface area contributed by atoms with Crippen LogP contribution in [0.15, 0.2) is 6.20 Å². The quantitative estimate of drug-likeness (QED) is 0.856. The molecular weight excluding hydrogens is 234 g/mol. The molecule has 0 saturated heterocycles. The van der Waals surface area contributed by atoms with Gasteiger partial charge in [-0.3, -0.25) is 0 Å². The lowest BCUT2D eigenvalue weighted by Gasteiger charge is -2.30. The van der Waals surface area contributed by atoms with Crippen LogP contribution in [0.2, 0.25) is 0 Å². The molecule has 3 heteroatoms. The van der Waals surface area contributed by atoms with E-state index in [0.29, 0.717) is 12.1 Å². The lowest BCUT2D eigenvalue weighted by atomic mass is 9.83. The lowest BCUT2D eigenvalue weighted by molar-refractivity contribution is 0.264. The summed E-state index contributed by atoms with van der Waals surface area (Å²) in [5.41, 5.74) is 1.15. The summed E-state index contributed by atoms with van der Waals surface area (Å²) >= 11 is 0. The Morgan fingerprint density at radius 1 is 1.21 bits per heavy atom. The molecule has 1 N–H and O–H groups in total. The first kappa shape index (κ1) is 13.0. The maximum absolute atomic E-state index is 4.67. The van der Waals surface area contributed by atoms with Crippen LogP contribution in [0.5, 0.6) is 0 Å². The number of imidazole rings is 1. The second kappa shape index (κ2) is 5.56. The minimum Gasteiger partial charge on any atom is -0.353 e. The summed E-state index contributed by atoms with van der Waals surface area (Å²) in [6.07, 6.45) is 13.1. The second-order valence-corrected chi connectivity index (χ2v) is 6.49. The molecule has 0 amide bonds. The van der Waals surface area contributed by atoms with Gasteiger partial charge in [0.1, 0.15) is 0 Å². The SMILES string of the molecule is CCCC1CCC(n2cc(C)nc2NC2CC2)CC1. The van der Waals surface area contributed by atoms with Crippen molar-refractivity contribution in [3.8, 4) is 0 Å². The molecule has 0 unspecified atom stereocenters. The molecule has 0 aromatic carbocycles. The number of rotatable bonds is 5. The van der Waals surface area contributed by atoms with Crippen molar-refractivity contribution in [2.45, 2.75) is 77.3 Å². The van der Waals surface area contributed by atoms with E-state index in [1.807, 2.05) is 0 Å². The van der Waals surface area contributed by atoms with Gasteiger partial charge in [-0.1, -0.05) is 19.8 Å². The van der Waals surface area contributed by atoms with Gasteiger partial charge in [0.2, 0.25) is 5.95 Å². The molecule has 0 radical (unpaired) electrons. The zero-order chi connectivity index (χ0) is 13.2. The minimum atomic E-state index is 0.676. The van der Waals surface area contributed by atoms with Gasteiger partial charge in [-0.2, -0.15) is 0 Å². The highest BCUT2D eigenvalue weighted by Gasteiger charge is 2.27. The van der Waals surface area contributed by atoms with E-state index in [1.165, 1.54) is 51.4 Å². The van der Waals surface area contributed by atoms with Crippen LogP contribution in [0, 0.1) is 12.8 Å². The molecule has 0 spiro atoms. The van der Waals surface area contributed by atoms with Crippen LogP contribution >= 0.6 is 0 Å². The van der Waals surface area contributed by atoms with Gasteiger partial charge in [0, 0.05) is 18.3 Å². The molecule has 1 aromatic heterocycles. The average Bonchev–Trinajstić information content (AvgIpc) is 3.13. The standard InChI is InChI=1S/C16H27N3/c1-3-4-13-5-9-15(10-6-13)19-11-12(2)17-16(19)18-14-7-8-14/h11,13-15H,3-10H2,1-2H3,(H,17,18). The third-order valence-corrected chi connectivity index (χ3v) is 4.67. The maximum Gasteiger partial charge on any atom is 0.203 e. The van der Waals surface area contributed by atoms with Crippen molar-refractivity contribution in [2.75, 3.05) is 5.32 Å². The molecule has 1 heterocycles. The number of nitrogens with zero attached hydrogens (tertiary/aromatic N) is 2. The van der Waals surface area contributed by atoms with Crippen LogP contribution in [0.25, 0.3) is 0 Å². The number of aromatic nitrogens is 2. The normalized spacial score (nSPS) is 27.5. The Kier molecular flexibility index (Phi) is 3.81. The summed E-state index contributed by atoms with van der Waals surface area (Å²) in [5.74, 6) is 2.10. The summed E-state index contributed by atoms with van der Waals surface area (Å²) < 4.78 is 2.43. The van der Waals surface area contributed by atoms with Crippen molar-refractivity contribution in [1.82, 2.24) is 9.55 Å². The molecule has 0 atom stereocenters. The summed E-state index contributed by atoms with van der Waals surface area (Å²) in [4.78, 5) is 4.67. The van der Waals surface area contributed by atoms with Crippen molar-refractivity contribution >= 4 is 5.95 Å². The molecular formula is C16H27N3. The average molecular weight is 261 g/mol. The van der Waals surface area contributed by atoms with Crippen LogP contribution in [0.3, 0.4) is 0 Å². The Morgan fingerprint density at radius 2 is 1.95 bits per heavy atom. The van der Waals surface area contributed by atoms with Crippen LogP contribution in [-0.2, 0) is 0 Å². The number of nitrogens with one attached hydrogen (secondary N) is 1. The second-order valence-electron chi connectivity index (χ2n) is 6.49. The van der Waals surface area contributed by atoms with Crippen LogP contribution in [-0.4, -0.2) is 15.6 Å². The van der Waals surface area contributed by atoms with E-state index >= 15 is 0 Å². The van der Waals surface area contributed by atoms with E-state index in [4.69, 9.17) is 0 Å². The molecule has 1 aromatic rings. The summed E-state index contributed by atoms with van der Waals surface area (Å²) in [5, 5.41) is 3.59. The summed E-state index contributed by atoms with van der Waals surface area (Å²) in [7, 11) is 0. The Hall–Kier alpha value is -0.990. The minimum absolute atomic E-state index is 0.676. The highest BCUT2D eigenvalue weighted by atomic mass is 15.2. The van der Waals surface area contributed by atoms with E-state index in [1.54, 1.807) is 0 Å². The lowest BCUT2D eigenvalue weighted by Crippen LogP contribution is -2.20. The third kappa shape index (κ3) is 3.13. The van der Waals surface area contributed by atoms with Crippen molar-refractivity contribution in [1.29, 1.82) is 0 Å². The Balaban J connectivity index is 1.65. The fourth-order valence-corrected chi connectivity index (χ4v) is 3.43. The zero-order valence-electron chi connectivity index (χ0n) is 12.4. The zero-order valence-corrected chi connectivity index (χ0v) is 12.4. The topological polar surface area (TPSA) is 29.9 Å². The summed E-state index contributed by atoms with van der Waals surface area (Å²) in [6.45, 7) is 4.42. The van der Waals surface area contributed by atoms with Crippen LogP contribution in [0.1, 0.15) is 70.0 Å². The van der Waals surface area contributed by atoms with Crippen molar-refractivity contribution in [3.63, 3.8) is 0 Å². The molecule has 3 rings (SSSR count). The highest BCUT2D eigenvalue weighted by molar-refractivity contribution is 5.33. The fourth-order valence-electron chi connectivity index (χ4n) is 3.43. The van der Waals surface area contributed by atoms with Crippen molar-refractivity contribution < 1.29 is 0 Å². The monoisotopic (exact) mass is 261 g/mol. The molecule has 2 aliphatic rings. The molecule has 3 nitrogen and oxygen atoms in total. The Bertz CT molecular complexity index is 412. The third-order valence-electron chi connectivity index (χ3n) is 4.67. The Labute approximate surface area is 116 Å². The van der Waals surface area contributed by atoms with Gasteiger partial charge < -0.3 is 9.88 Å². The summed E-state index contributed by atoms with van der Waals surface area (Å²) in [6, 6.07) is 1.37. The van der Waals surface area contributed by atoms with Gasteiger partial charge in [0.15, 0.2) is 0 Å². The molecule has 0 bridgehead atoms. The number of anilines is 1. The molecule has 19 heavy (non-hydrogen) atoms. The van der Waals surface area contributed by atoms with Gasteiger partial charge in [-0.05, 0) is 51.4 Å². The first-order valence-electron chi connectivity index (χ1n) is 8.08. The Morgan fingerprint density at radius 3 is 2.58 bits per heavy atom. The largest absolute Gasteiger partial charge is 0.353 e. The fraction of sp³-hybridized carbons (Fsp3) is 0.812. The molecule has 2 fully saturated rings. The van der Waals surface area contributed by atoms with Gasteiger partial charge in [0.25, 0.3) is 0 Å². The molecule has 0 aliphatic heterocycles. The number of hydrogen-bond donors (Lipinski definition) is 1. The van der Waals surface area contributed by atoms with E-state index in [0.717, 1.165) is 17.6 Å². The number of hydrogen-bond acceptors (Lipinski definition) is 2.